The number of hydrogen-bond donors (Lipinski definition) is 2. The van der Waals surface area contributed by atoms with Crippen LogP contribution in [0.5, 0.6) is 0 Å². The fraction of sp³-hybridized carbons (Fsp3) is 0.458. The van der Waals surface area contributed by atoms with E-state index in [0.29, 0.717) is 23.9 Å². The van der Waals surface area contributed by atoms with E-state index in [1.54, 1.807) is 25.2 Å². The number of nitrogens with one attached hydrogen (secondary N) is 2. The maximum absolute atomic E-state index is 12.2. The molecule has 7 heteroatoms. The van der Waals surface area contributed by atoms with E-state index in [1.807, 2.05) is 30.5 Å². The number of benzene rings is 1. The van der Waals surface area contributed by atoms with Crippen LogP contribution in [-0.4, -0.2) is 55.5 Å². The molecule has 2 N–H and O–H groups in total. The van der Waals surface area contributed by atoms with Gasteiger partial charge >= 0.3 is 0 Å². The number of rotatable bonds is 9. The number of aromatic nitrogens is 1. The lowest BCUT2D eigenvalue weighted by Crippen LogP contribution is -2.38. The number of carbonyl (C=O) groups is 1. The second-order valence-corrected chi connectivity index (χ2v) is 7.93. The third kappa shape index (κ3) is 8.85. The van der Waals surface area contributed by atoms with Crippen LogP contribution in [0.4, 0.5) is 0 Å². The summed E-state index contributed by atoms with van der Waals surface area (Å²) in [6, 6.07) is 11.9. The second-order valence-electron chi connectivity index (χ2n) is 7.93. The number of pyridine rings is 1. The number of nitrogens with zero attached hydrogens (tertiary/aromatic N) is 3. The number of halogens is 1. The summed E-state index contributed by atoms with van der Waals surface area (Å²) in [6.45, 7) is 8.74. The number of guanidine groups is 1. The lowest BCUT2D eigenvalue weighted by molar-refractivity contribution is 0.0827. The Labute approximate surface area is 204 Å². The maximum Gasteiger partial charge on any atom is 0.253 e. The molecule has 1 aromatic heterocycles. The molecule has 1 amide bonds. The first-order valence-corrected chi connectivity index (χ1v) is 10.6. The highest BCUT2D eigenvalue weighted by Crippen LogP contribution is 2.23. The van der Waals surface area contributed by atoms with Gasteiger partial charge in [-0.15, -0.1) is 24.0 Å². The number of carbonyl (C=O) groups excluding carboxylic acids is 1. The second kappa shape index (κ2) is 14.0. The lowest BCUT2D eigenvalue weighted by atomic mass is 9.89. The Bertz CT molecular complexity index is 824. The van der Waals surface area contributed by atoms with E-state index >= 15 is 0 Å². The van der Waals surface area contributed by atoms with E-state index < -0.39 is 0 Å². The Kier molecular flexibility index (Phi) is 12.1. The van der Waals surface area contributed by atoms with Crippen LogP contribution in [0.25, 0.3) is 0 Å². The van der Waals surface area contributed by atoms with Crippen LogP contribution in [0.2, 0.25) is 0 Å². The molecule has 2 rings (SSSR count). The SMILES string of the molecule is CCNC(=NCC(c1cccnc1)C(C)C)NCCc1cccc(C(=O)N(C)C)c1.I. The molecule has 0 radical (unpaired) electrons. The Morgan fingerprint density at radius 1 is 1.16 bits per heavy atom. The van der Waals surface area contributed by atoms with Crippen LogP contribution in [-0.2, 0) is 6.42 Å². The van der Waals surface area contributed by atoms with Crippen molar-refractivity contribution < 1.29 is 4.79 Å². The summed E-state index contributed by atoms with van der Waals surface area (Å²) in [5.41, 5.74) is 3.06. The van der Waals surface area contributed by atoms with Gasteiger partial charge in [0.25, 0.3) is 5.91 Å². The standard InChI is InChI=1S/C24H35N5O.HI/c1-6-26-24(28-17-22(18(2)3)21-11-8-13-25-16-21)27-14-12-19-9-7-10-20(15-19)23(30)29(4)5;/h7-11,13,15-16,18,22H,6,12,14,17H2,1-5H3,(H2,26,27,28);1H. The predicted molar refractivity (Wildman–Crippen MR) is 139 cm³/mol. The molecular weight excluding hydrogens is 501 g/mol. The summed E-state index contributed by atoms with van der Waals surface area (Å²) in [4.78, 5) is 22.8. The van der Waals surface area contributed by atoms with Gasteiger partial charge in [0.15, 0.2) is 5.96 Å². The molecule has 1 unspecified atom stereocenters. The maximum atomic E-state index is 12.2. The van der Waals surface area contributed by atoms with Gasteiger partial charge in [0.2, 0.25) is 0 Å². The summed E-state index contributed by atoms with van der Waals surface area (Å²) in [5, 5.41) is 6.74. The molecule has 0 fully saturated rings. The van der Waals surface area contributed by atoms with Gasteiger partial charge in [0.1, 0.15) is 0 Å². The van der Waals surface area contributed by atoms with Crippen LogP contribution in [0.15, 0.2) is 53.8 Å². The molecular formula is C24H36IN5O. The van der Waals surface area contributed by atoms with Crippen molar-refractivity contribution in [1.82, 2.24) is 20.5 Å². The molecule has 170 valence electrons. The summed E-state index contributed by atoms with van der Waals surface area (Å²) >= 11 is 0. The summed E-state index contributed by atoms with van der Waals surface area (Å²) in [7, 11) is 3.54. The first-order chi connectivity index (χ1) is 14.4. The minimum Gasteiger partial charge on any atom is -0.357 e. The Hall–Kier alpha value is -2.16. The monoisotopic (exact) mass is 537 g/mol. The number of amides is 1. The van der Waals surface area contributed by atoms with Crippen molar-refractivity contribution in [1.29, 1.82) is 0 Å². The zero-order valence-corrected chi connectivity index (χ0v) is 21.6. The molecule has 2 aromatic rings. The topological polar surface area (TPSA) is 69.6 Å². The number of aliphatic imine (C=N–C) groups is 1. The molecule has 0 spiro atoms. The van der Waals surface area contributed by atoms with E-state index in [1.165, 1.54) is 5.56 Å². The Morgan fingerprint density at radius 3 is 2.55 bits per heavy atom. The fourth-order valence-electron chi connectivity index (χ4n) is 3.27. The molecule has 1 heterocycles. The van der Waals surface area contributed by atoms with Crippen LogP contribution in [0.1, 0.15) is 48.2 Å². The van der Waals surface area contributed by atoms with Gasteiger partial charge in [-0.25, -0.2) is 0 Å². The summed E-state index contributed by atoms with van der Waals surface area (Å²) < 4.78 is 0. The lowest BCUT2D eigenvalue weighted by Gasteiger charge is -2.20. The molecule has 0 saturated heterocycles. The largest absolute Gasteiger partial charge is 0.357 e. The quantitative estimate of drug-likeness (QED) is 0.289. The van der Waals surface area contributed by atoms with Gasteiger partial charge in [-0.1, -0.05) is 32.0 Å². The van der Waals surface area contributed by atoms with E-state index in [0.717, 1.165) is 31.0 Å². The van der Waals surface area contributed by atoms with Gasteiger partial charge < -0.3 is 15.5 Å². The molecule has 31 heavy (non-hydrogen) atoms. The van der Waals surface area contributed by atoms with E-state index in [-0.39, 0.29) is 29.9 Å². The highest BCUT2D eigenvalue weighted by atomic mass is 127. The zero-order valence-electron chi connectivity index (χ0n) is 19.3. The zero-order chi connectivity index (χ0) is 21.9. The Balaban J connectivity index is 0.00000480. The number of hydrogen-bond acceptors (Lipinski definition) is 3. The average molecular weight is 537 g/mol. The fourth-order valence-corrected chi connectivity index (χ4v) is 3.27. The van der Waals surface area contributed by atoms with Crippen LogP contribution in [0.3, 0.4) is 0 Å². The van der Waals surface area contributed by atoms with Crippen molar-refractivity contribution in [3.8, 4) is 0 Å². The highest BCUT2D eigenvalue weighted by Gasteiger charge is 2.16. The first-order valence-electron chi connectivity index (χ1n) is 10.6. The average Bonchev–Trinajstić information content (AvgIpc) is 2.74. The molecule has 1 atom stereocenters. The molecule has 0 bridgehead atoms. The van der Waals surface area contributed by atoms with Gasteiger partial charge in [-0.2, -0.15) is 0 Å². The van der Waals surface area contributed by atoms with E-state index in [2.05, 4.69) is 48.5 Å². The van der Waals surface area contributed by atoms with Gasteiger partial charge in [0.05, 0.1) is 0 Å². The van der Waals surface area contributed by atoms with Gasteiger partial charge in [0, 0.05) is 57.6 Å². The first kappa shape index (κ1) is 26.9. The third-order valence-corrected chi connectivity index (χ3v) is 4.99. The molecule has 0 aliphatic rings. The van der Waals surface area contributed by atoms with Gasteiger partial charge in [-0.3, -0.25) is 14.8 Å². The van der Waals surface area contributed by atoms with Crippen molar-refractivity contribution in [2.24, 2.45) is 10.9 Å². The predicted octanol–water partition coefficient (Wildman–Crippen LogP) is 3.94. The van der Waals surface area contributed by atoms with Crippen molar-refractivity contribution >= 4 is 35.8 Å². The Morgan fingerprint density at radius 2 is 1.94 bits per heavy atom. The van der Waals surface area contributed by atoms with Crippen molar-refractivity contribution in [3.63, 3.8) is 0 Å². The highest BCUT2D eigenvalue weighted by molar-refractivity contribution is 14.0. The van der Waals surface area contributed by atoms with Crippen LogP contribution < -0.4 is 10.6 Å². The normalized spacial score (nSPS) is 12.1. The summed E-state index contributed by atoms with van der Waals surface area (Å²) in [6.07, 6.45) is 4.55. The molecule has 0 saturated carbocycles. The smallest absolute Gasteiger partial charge is 0.253 e. The third-order valence-electron chi connectivity index (χ3n) is 4.99. The van der Waals surface area contributed by atoms with Crippen LogP contribution >= 0.6 is 24.0 Å². The van der Waals surface area contributed by atoms with Crippen molar-refractivity contribution in [3.05, 3.63) is 65.5 Å². The molecule has 0 aliphatic carbocycles. The molecule has 0 aliphatic heterocycles. The minimum atomic E-state index is 0. The van der Waals surface area contributed by atoms with E-state index in [9.17, 15) is 4.79 Å². The van der Waals surface area contributed by atoms with Crippen molar-refractivity contribution in [2.75, 3.05) is 33.7 Å². The summed E-state index contributed by atoms with van der Waals surface area (Å²) in [5.74, 6) is 1.63. The van der Waals surface area contributed by atoms with E-state index in [4.69, 9.17) is 4.99 Å². The van der Waals surface area contributed by atoms with Gasteiger partial charge in [-0.05, 0) is 48.6 Å². The van der Waals surface area contributed by atoms with Crippen LogP contribution in [0, 0.1) is 5.92 Å². The minimum absolute atomic E-state index is 0. The molecule has 1 aromatic carbocycles. The molecule has 6 nitrogen and oxygen atoms in total. The van der Waals surface area contributed by atoms with Crippen molar-refractivity contribution in [2.45, 2.75) is 33.1 Å².